The Morgan fingerprint density at radius 2 is 2.50 bits per heavy atom. The van der Waals surface area contributed by atoms with Gasteiger partial charge in [-0.25, -0.2) is 4.39 Å². The smallest absolute Gasteiger partial charge is 0.119 e. The van der Waals surface area contributed by atoms with E-state index in [0.717, 1.165) is 0 Å². The van der Waals surface area contributed by atoms with Gasteiger partial charge in [-0.15, -0.1) is 11.6 Å². The predicted molar refractivity (Wildman–Crippen MR) is 32.6 cm³/mol. The number of halogens is 2. The van der Waals surface area contributed by atoms with E-state index in [4.69, 9.17) is 11.6 Å². The molecule has 0 amide bonds. The van der Waals surface area contributed by atoms with Gasteiger partial charge in [0.2, 0.25) is 0 Å². The van der Waals surface area contributed by atoms with Crippen LogP contribution in [-0.2, 0) is 0 Å². The summed E-state index contributed by atoms with van der Waals surface area (Å²) in [6, 6.07) is 0. The van der Waals surface area contributed by atoms with Gasteiger partial charge in [-0.3, -0.25) is 0 Å². The van der Waals surface area contributed by atoms with E-state index in [9.17, 15) is 4.39 Å². The molecule has 1 rings (SSSR count). The van der Waals surface area contributed by atoms with Crippen molar-refractivity contribution in [1.29, 1.82) is 0 Å². The minimum absolute atomic E-state index is 0.00509. The largest absolute Gasteiger partial charge is 0.207 e. The van der Waals surface area contributed by atoms with Crippen molar-refractivity contribution in [3.63, 3.8) is 0 Å². The number of rotatable bonds is 0. The first-order valence-electron chi connectivity index (χ1n) is 2.47. The fourth-order valence-electron chi connectivity index (χ4n) is 0.568. The normalized spacial score (nSPS) is 27.8. The van der Waals surface area contributed by atoms with Crippen molar-refractivity contribution >= 4 is 11.6 Å². The maximum absolute atomic E-state index is 12.1. The highest BCUT2D eigenvalue weighted by molar-refractivity contribution is 6.22. The van der Waals surface area contributed by atoms with E-state index in [1.54, 1.807) is 6.08 Å². The average Bonchev–Trinajstić information content (AvgIpc) is 1.77. The van der Waals surface area contributed by atoms with Crippen LogP contribution in [0.1, 0.15) is 6.42 Å². The van der Waals surface area contributed by atoms with Crippen molar-refractivity contribution in [1.82, 2.24) is 0 Å². The van der Waals surface area contributed by atoms with E-state index in [0.29, 0.717) is 6.42 Å². The third-order valence-electron chi connectivity index (χ3n) is 1.00. The van der Waals surface area contributed by atoms with E-state index in [2.05, 4.69) is 0 Å². The summed E-state index contributed by atoms with van der Waals surface area (Å²) in [5.41, 5.74) is 0. The molecule has 0 aromatic rings. The molecule has 0 aliphatic heterocycles. The van der Waals surface area contributed by atoms with E-state index in [1.807, 2.05) is 0 Å². The quantitative estimate of drug-likeness (QED) is 0.444. The van der Waals surface area contributed by atoms with Crippen molar-refractivity contribution < 1.29 is 4.39 Å². The Bertz CT molecular complexity index is 137. The summed E-state index contributed by atoms with van der Waals surface area (Å²) in [6.45, 7) is 0. The van der Waals surface area contributed by atoms with Crippen LogP contribution in [0.4, 0.5) is 4.39 Å². The van der Waals surface area contributed by atoms with E-state index in [-0.39, 0.29) is 11.2 Å². The topological polar surface area (TPSA) is 0 Å². The summed E-state index contributed by atoms with van der Waals surface area (Å²) in [7, 11) is 0. The summed E-state index contributed by atoms with van der Waals surface area (Å²) in [4.78, 5) is 0. The highest BCUT2D eigenvalue weighted by Gasteiger charge is 2.02. The van der Waals surface area contributed by atoms with Gasteiger partial charge in [-0.1, -0.05) is 6.08 Å². The summed E-state index contributed by atoms with van der Waals surface area (Å²) in [5.74, 6) is -0.179. The highest BCUT2D eigenvalue weighted by Crippen LogP contribution is 2.14. The Kier molecular flexibility index (Phi) is 1.69. The number of hydrogen-bond donors (Lipinski definition) is 0. The molecular formula is C6H6ClF. The van der Waals surface area contributed by atoms with Gasteiger partial charge in [0.15, 0.2) is 0 Å². The Morgan fingerprint density at radius 1 is 1.75 bits per heavy atom. The Hall–Kier alpha value is -0.300. The summed E-state index contributed by atoms with van der Waals surface area (Å²) in [6.07, 6.45) is 5.14. The maximum Gasteiger partial charge on any atom is 0.119 e. The maximum atomic E-state index is 12.1. The zero-order valence-corrected chi connectivity index (χ0v) is 5.03. The lowest BCUT2D eigenvalue weighted by atomic mass is 10.2. The Labute approximate surface area is 52.6 Å². The molecule has 1 aliphatic rings. The first-order valence-corrected chi connectivity index (χ1v) is 2.90. The predicted octanol–water partition coefficient (Wildman–Crippen LogP) is 2.41. The molecule has 0 saturated heterocycles. The van der Waals surface area contributed by atoms with E-state index in [1.165, 1.54) is 12.2 Å². The second-order valence-corrected chi connectivity index (χ2v) is 2.26. The van der Waals surface area contributed by atoms with Crippen LogP contribution in [0.25, 0.3) is 0 Å². The second kappa shape index (κ2) is 2.31. The molecule has 0 spiro atoms. The van der Waals surface area contributed by atoms with E-state index < -0.39 is 0 Å². The molecule has 0 aromatic carbocycles. The van der Waals surface area contributed by atoms with Gasteiger partial charge in [0.25, 0.3) is 0 Å². The zero-order chi connectivity index (χ0) is 5.98. The van der Waals surface area contributed by atoms with Crippen molar-refractivity contribution in [2.75, 3.05) is 0 Å². The van der Waals surface area contributed by atoms with Gasteiger partial charge in [-0.05, 0) is 18.6 Å². The van der Waals surface area contributed by atoms with Gasteiger partial charge < -0.3 is 0 Å². The van der Waals surface area contributed by atoms with Crippen LogP contribution in [0.15, 0.2) is 24.1 Å². The number of hydrogen-bond acceptors (Lipinski definition) is 0. The molecule has 0 bridgehead atoms. The first kappa shape index (κ1) is 5.83. The molecule has 1 unspecified atom stereocenters. The van der Waals surface area contributed by atoms with E-state index >= 15 is 0 Å². The van der Waals surface area contributed by atoms with Crippen LogP contribution in [0.2, 0.25) is 0 Å². The van der Waals surface area contributed by atoms with Crippen molar-refractivity contribution in [2.24, 2.45) is 0 Å². The Morgan fingerprint density at radius 3 is 2.88 bits per heavy atom. The SMILES string of the molecule is FC1=CCC(Cl)C=C1. The molecule has 8 heavy (non-hydrogen) atoms. The van der Waals surface area contributed by atoms with Crippen LogP contribution in [0, 0.1) is 0 Å². The third kappa shape index (κ3) is 1.34. The molecule has 0 nitrogen and oxygen atoms in total. The zero-order valence-electron chi connectivity index (χ0n) is 4.27. The van der Waals surface area contributed by atoms with Gasteiger partial charge in [-0.2, -0.15) is 0 Å². The first-order chi connectivity index (χ1) is 3.79. The fraction of sp³-hybridized carbons (Fsp3) is 0.333. The molecule has 1 aliphatic carbocycles. The second-order valence-electron chi connectivity index (χ2n) is 1.70. The Balaban J connectivity index is 2.58. The highest BCUT2D eigenvalue weighted by atomic mass is 35.5. The molecule has 0 radical (unpaired) electrons. The number of allylic oxidation sites excluding steroid dienone is 4. The molecule has 44 valence electrons. The number of alkyl halides is 1. The minimum atomic E-state index is -0.179. The van der Waals surface area contributed by atoms with Crippen molar-refractivity contribution in [3.05, 3.63) is 24.1 Å². The van der Waals surface area contributed by atoms with Crippen LogP contribution in [0.3, 0.4) is 0 Å². The van der Waals surface area contributed by atoms with Gasteiger partial charge in [0.05, 0.1) is 5.38 Å². The molecule has 1 atom stereocenters. The summed E-state index contributed by atoms with van der Waals surface area (Å²) in [5, 5.41) is -0.00509. The van der Waals surface area contributed by atoms with Gasteiger partial charge in [0, 0.05) is 0 Å². The van der Waals surface area contributed by atoms with Crippen LogP contribution < -0.4 is 0 Å². The van der Waals surface area contributed by atoms with Crippen LogP contribution >= 0.6 is 11.6 Å². The lowest BCUT2D eigenvalue weighted by molar-refractivity contribution is 0.653. The molecule has 0 heterocycles. The molecule has 0 saturated carbocycles. The van der Waals surface area contributed by atoms with Crippen LogP contribution in [-0.4, -0.2) is 5.38 Å². The minimum Gasteiger partial charge on any atom is -0.207 e. The fourth-order valence-corrected chi connectivity index (χ4v) is 0.730. The van der Waals surface area contributed by atoms with Crippen molar-refractivity contribution in [3.8, 4) is 0 Å². The molecular weight excluding hydrogens is 127 g/mol. The summed E-state index contributed by atoms with van der Waals surface area (Å²) >= 11 is 5.58. The van der Waals surface area contributed by atoms with Crippen molar-refractivity contribution in [2.45, 2.75) is 11.8 Å². The molecule has 2 heteroatoms. The van der Waals surface area contributed by atoms with Gasteiger partial charge >= 0.3 is 0 Å². The monoisotopic (exact) mass is 132 g/mol. The molecule has 0 N–H and O–H groups in total. The lowest BCUT2D eigenvalue weighted by Crippen LogP contribution is -1.94. The standard InChI is InChI=1S/C6H6ClF/c7-5-1-3-6(8)4-2-5/h1,3-5H,2H2. The van der Waals surface area contributed by atoms with Gasteiger partial charge in [0.1, 0.15) is 5.83 Å². The average molecular weight is 133 g/mol. The van der Waals surface area contributed by atoms with Crippen LogP contribution in [0.5, 0.6) is 0 Å². The summed E-state index contributed by atoms with van der Waals surface area (Å²) < 4.78 is 12.1. The molecule has 0 aromatic heterocycles. The lowest BCUT2D eigenvalue weighted by Gasteiger charge is -2.02. The third-order valence-corrected chi connectivity index (χ3v) is 1.33. The molecule has 0 fully saturated rings.